The molecule has 10 heavy (non-hydrogen) atoms. The second kappa shape index (κ2) is 10.8. The van der Waals surface area contributed by atoms with E-state index in [-0.39, 0.29) is 12.1 Å². The molecule has 5 N–H and O–H groups in total. The molecule has 0 unspecified atom stereocenters. The van der Waals surface area contributed by atoms with Gasteiger partial charge in [0.05, 0.1) is 0 Å². The molecule has 6 heteroatoms. The van der Waals surface area contributed by atoms with Crippen molar-refractivity contribution in [1.29, 1.82) is 0 Å². The molecule has 0 atom stereocenters. The van der Waals surface area contributed by atoms with Crippen molar-refractivity contribution in [3.63, 3.8) is 0 Å². The highest BCUT2D eigenvalue weighted by molar-refractivity contribution is 6.27. The van der Waals surface area contributed by atoms with E-state index in [0.29, 0.717) is 0 Å². The predicted molar refractivity (Wildman–Crippen MR) is 31.6 cm³/mol. The molecule has 0 radical (unpaired) electrons. The molecule has 0 bridgehead atoms. The van der Waals surface area contributed by atoms with Crippen molar-refractivity contribution in [3.8, 4) is 0 Å². The molecule has 0 amide bonds. The van der Waals surface area contributed by atoms with Gasteiger partial charge in [-0.05, 0) is 6.92 Å². The van der Waals surface area contributed by atoms with Crippen molar-refractivity contribution in [2.45, 2.75) is 6.92 Å². The maximum atomic E-state index is 9.10. The number of hydrogen-bond donors (Lipinski definition) is 3. The van der Waals surface area contributed by atoms with E-state index in [1.54, 1.807) is 6.92 Å². The predicted octanol–water partition coefficient (Wildman–Crippen LogP) is -1.67. The molecule has 0 saturated heterocycles. The largest absolute Gasteiger partial charge is 0.473 e. The first-order valence-electron chi connectivity index (χ1n) is 2.13. The number of aliphatic hydroxyl groups excluding tert-OH is 1. The van der Waals surface area contributed by atoms with E-state index in [1.165, 1.54) is 0 Å². The van der Waals surface area contributed by atoms with Crippen molar-refractivity contribution in [3.05, 3.63) is 0 Å². The quantitative estimate of drug-likeness (QED) is 0.359. The summed E-state index contributed by atoms with van der Waals surface area (Å²) in [6.45, 7) is 1.93. The molecule has 0 aromatic rings. The van der Waals surface area contributed by atoms with E-state index in [4.69, 9.17) is 24.9 Å². The summed E-state index contributed by atoms with van der Waals surface area (Å²) in [4.78, 5) is 18.2. The summed E-state index contributed by atoms with van der Waals surface area (Å²) >= 11 is 0. The van der Waals surface area contributed by atoms with E-state index in [9.17, 15) is 0 Å². The Morgan fingerprint density at radius 2 is 1.30 bits per heavy atom. The van der Waals surface area contributed by atoms with Crippen molar-refractivity contribution >= 4 is 11.9 Å². The van der Waals surface area contributed by atoms with Crippen LogP contribution >= 0.6 is 0 Å². The van der Waals surface area contributed by atoms with E-state index in [1.807, 2.05) is 0 Å². The highest BCUT2D eigenvalue weighted by atomic mass is 16.4. The lowest BCUT2D eigenvalue weighted by Crippen LogP contribution is -2.09. The molecule has 0 rings (SSSR count). The van der Waals surface area contributed by atoms with Crippen molar-refractivity contribution in [2.75, 3.05) is 6.61 Å². The normalized spacial score (nSPS) is 6.20. The SMILES string of the molecule is CCO.O.O=C(O)C(=O)O. The summed E-state index contributed by atoms with van der Waals surface area (Å²) in [7, 11) is 0. The molecule has 0 aliphatic heterocycles. The Bertz CT molecular complexity index is 85.9. The summed E-state index contributed by atoms with van der Waals surface area (Å²) < 4.78 is 0. The van der Waals surface area contributed by atoms with Gasteiger partial charge in [-0.25, -0.2) is 9.59 Å². The topological polar surface area (TPSA) is 126 Å². The Kier molecular flexibility index (Phi) is 17.2. The molecule has 0 aromatic carbocycles. The van der Waals surface area contributed by atoms with Crippen LogP contribution in [0, 0.1) is 0 Å². The lowest BCUT2D eigenvalue weighted by molar-refractivity contribution is -0.159. The average Bonchev–Trinajstić information content (AvgIpc) is 1.68. The number of carbonyl (C=O) groups is 2. The van der Waals surface area contributed by atoms with Crippen molar-refractivity contribution in [1.82, 2.24) is 0 Å². The van der Waals surface area contributed by atoms with Gasteiger partial charge in [-0.3, -0.25) is 0 Å². The third kappa shape index (κ3) is 28.8. The molecule has 0 saturated carbocycles. The number of hydrogen-bond acceptors (Lipinski definition) is 3. The fourth-order valence-electron chi connectivity index (χ4n) is 0. The fraction of sp³-hybridized carbons (Fsp3) is 0.500. The van der Waals surface area contributed by atoms with Gasteiger partial charge in [0, 0.05) is 6.61 Å². The Morgan fingerprint density at radius 3 is 1.30 bits per heavy atom. The third-order valence-electron chi connectivity index (χ3n) is 0.183. The summed E-state index contributed by atoms with van der Waals surface area (Å²) in [6.07, 6.45) is 0. The molecule has 0 heterocycles. The van der Waals surface area contributed by atoms with E-state index >= 15 is 0 Å². The first kappa shape index (κ1) is 15.9. The maximum Gasteiger partial charge on any atom is 0.414 e. The summed E-state index contributed by atoms with van der Waals surface area (Å²) in [5, 5.41) is 22.4. The van der Waals surface area contributed by atoms with Crippen LogP contribution in [0.2, 0.25) is 0 Å². The van der Waals surface area contributed by atoms with Gasteiger partial charge in [0.2, 0.25) is 0 Å². The Hall–Kier alpha value is -1.14. The van der Waals surface area contributed by atoms with Crippen LogP contribution in [0.1, 0.15) is 6.92 Å². The highest BCUT2D eigenvalue weighted by Gasteiger charge is 2.04. The van der Waals surface area contributed by atoms with Gasteiger partial charge in [-0.15, -0.1) is 0 Å². The monoisotopic (exact) mass is 154 g/mol. The summed E-state index contributed by atoms with van der Waals surface area (Å²) in [5.41, 5.74) is 0. The van der Waals surface area contributed by atoms with Crippen LogP contribution in [-0.4, -0.2) is 39.3 Å². The molecule has 0 aliphatic rings. The Morgan fingerprint density at radius 1 is 1.20 bits per heavy atom. The zero-order valence-corrected chi connectivity index (χ0v) is 5.37. The number of carboxylic acid groups (broad SMARTS) is 2. The minimum atomic E-state index is -1.82. The van der Waals surface area contributed by atoms with Crippen molar-refractivity contribution in [2.24, 2.45) is 0 Å². The standard InChI is InChI=1S/C2H2O4.C2H6O.H2O/c3-1(4)2(5)6;1-2-3;/h(H,3,4)(H,5,6);3H,2H2,1H3;1H2. The van der Waals surface area contributed by atoms with E-state index < -0.39 is 11.9 Å². The van der Waals surface area contributed by atoms with Gasteiger partial charge in [-0.1, -0.05) is 0 Å². The second-order valence-corrected chi connectivity index (χ2v) is 0.927. The average molecular weight is 154 g/mol. The number of rotatable bonds is 0. The highest BCUT2D eigenvalue weighted by Crippen LogP contribution is 1.56. The minimum absolute atomic E-state index is 0. The van der Waals surface area contributed by atoms with Gasteiger partial charge in [-0.2, -0.15) is 0 Å². The molecular weight excluding hydrogens is 144 g/mol. The summed E-state index contributed by atoms with van der Waals surface area (Å²) in [6, 6.07) is 0. The van der Waals surface area contributed by atoms with Gasteiger partial charge in [0.15, 0.2) is 0 Å². The zero-order chi connectivity index (χ0) is 7.86. The Balaban J connectivity index is -0.000000107. The lowest BCUT2D eigenvalue weighted by Gasteiger charge is -1.72. The van der Waals surface area contributed by atoms with Crippen LogP contribution in [0.3, 0.4) is 0 Å². The molecule has 0 spiro atoms. The fourth-order valence-corrected chi connectivity index (χ4v) is 0. The Labute approximate surface area is 57.0 Å². The van der Waals surface area contributed by atoms with Crippen LogP contribution in [0.15, 0.2) is 0 Å². The van der Waals surface area contributed by atoms with Gasteiger partial charge < -0.3 is 20.8 Å². The van der Waals surface area contributed by atoms with Crippen LogP contribution in [-0.2, 0) is 9.59 Å². The van der Waals surface area contributed by atoms with Crippen LogP contribution in [0.5, 0.6) is 0 Å². The lowest BCUT2D eigenvalue weighted by atomic mass is 10.7. The molecule has 6 nitrogen and oxygen atoms in total. The summed E-state index contributed by atoms with van der Waals surface area (Å²) in [5.74, 6) is -3.65. The number of carboxylic acids is 2. The number of aliphatic hydroxyl groups is 1. The van der Waals surface area contributed by atoms with Gasteiger partial charge in [0.25, 0.3) is 0 Å². The van der Waals surface area contributed by atoms with Crippen LogP contribution < -0.4 is 0 Å². The molecule has 0 aliphatic carbocycles. The van der Waals surface area contributed by atoms with E-state index in [0.717, 1.165) is 0 Å². The molecule has 62 valence electrons. The second-order valence-electron chi connectivity index (χ2n) is 0.927. The number of aliphatic carboxylic acids is 2. The first-order chi connectivity index (χ1) is 4.06. The van der Waals surface area contributed by atoms with Crippen LogP contribution in [0.4, 0.5) is 0 Å². The maximum absolute atomic E-state index is 9.10. The molecule has 0 aromatic heterocycles. The van der Waals surface area contributed by atoms with Gasteiger partial charge in [0.1, 0.15) is 0 Å². The van der Waals surface area contributed by atoms with Gasteiger partial charge >= 0.3 is 11.9 Å². The third-order valence-corrected chi connectivity index (χ3v) is 0.183. The van der Waals surface area contributed by atoms with Crippen molar-refractivity contribution < 1.29 is 30.4 Å². The van der Waals surface area contributed by atoms with Crippen LogP contribution in [0.25, 0.3) is 0 Å². The molecular formula is C4H10O6. The van der Waals surface area contributed by atoms with E-state index in [2.05, 4.69) is 0 Å². The minimum Gasteiger partial charge on any atom is -0.473 e. The molecule has 0 fully saturated rings. The first-order valence-corrected chi connectivity index (χ1v) is 2.13. The zero-order valence-electron chi connectivity index (χ0n) is 5.37. The smallest absolute Gasteiger partial charge is 0.414 e.